The standard InChI is InChI=1S/C20H30N2O4S/c1-4-20(23)21-12-10-16-17(11-13-21)26-18-7-5-6-8-19(18)27(24,25)22(16)14-9-15(2)3/h5-8,15-17H,4,9-14H2,1-3H3/t16-,17-/m0/s1. The minimum absolute atomic E-state index is 0.114. The van der Waals surface area contributed by atoms with E-state index in [9.17, 15) is 13.2 Å². The van der Waals surface area contributed by atoms with Crippen LogP contribution in [0.3, 0.4) is 0 Å². The molecule has 2 atom stereocenters. The molecule has 2 heterocycles. The molecule has 0 radical (unpaired) electrons. The molecule has 150 valence electrons. The molecule has 1 aromatic rings. The molecule has 3 rings (SSSR count). The lowest BCUT2D eigenvalue weighted by Crippen LogP contribution is -2.47. The van der Waals surface area contributed by atoms with Gasteiger partial charge in [-0.1, -0.05) is 32.9 Å². The largest absolute Gasteiger partial charge is 0.487 e. The van der Waals surface area contributed by atoms with Crippen molar-refractivity contribution in [2.75, 3.05) is 19.6 Å². The van der Waals surface area contributed by atoms with E-state index in [-0.39, 0.29) is 22.9 Å². The highest BCUT2D eigenvalue weighted by Crippen LogP contribution is 2.36. The van der Waals surface area contributed by atoms with Crippen LogP contribution in [-0.4, -0.2) is 55.3 Å². The Kier molecular flexibility index (Phi) is 6.11. The number of amides is 1. The third-order valence-corrected chi connectivity index (χ3v) is 7.44. The smallest absolute Gasteiger partial charge is 0.247 e. The van der Waals surface area contributed by atoms with E-state index >= 15 is 0 Å². The van der Waals surface area contributed by atoms with Crippen LogP contribution in [0, 0.1) is 5.92 Å². The van der Waals surface area contributed by atoms with E-state index in [2.05, 4.69) is 13.8 Å². The van der Waals surface area contributed by atoms with Gasteiger partial charge in [-0.25, -0.2) is 8.42 Å². The lowest BCUT2D eigenvalue weighted by Gasteiger charge is -2.32. The van der Waals surface area contributed by atoms with Gasteiger partial charge >= 0.3 is 0 Å². The van der Waals surface area contributed by atoms with E-state index in [1.165, 1.54) is 0 Å². The van der Waals surface area contributed by atoms with Gasteiger partial charge in [0.15, 0.2) is 0 Å². The van der Waals surface area contributed by atoms with Gasteiger partial charge in [0, 0.05) is 32.5 Å². The molecule has 0 aliphatic carbocycles. The van der Waals surface area contributed by atoms with Gasteiger partial charge in [-0.05, 0) is 30.9 Å². The monoisotopic (exact) mass is 394 g/mol. The maximum atomic E-state index is 13.4. The van der Waals surface area contributed by atoms with Crippen LogP contribution in [0.5, 0.6) is 5.75 Å². The average Bonchev–Trinajstić information content (AvgIpc) is 2.88. The van der Waals surface area contributed by atoms with Gasteiger partial charge in [0.05, 0.1) is 6.04 Å². The molecule has 6 nitrogen and oxygen atoms in total. The first-order valence-electron chi connectivity index (χ1n) is 9.90. The van der Waals surface area contributed by atoms with Crippen LogP contribution in [0.25, 0.3) is 0 Å². The first-order valence-corrected chi connectivity index (χ1v) is 11.3. The van der Waals surface area contributed by atoms with Gasteiger partial charge in [-0.3, -0.25) is 4.79 Å². The van der Waals surface area contributed by atoms with Crippen LogP contribution in [0.1, 0.15) is 46.5 Å². The summed E-state index contributed by atoms with van der Waals surface area (Å²) < 4.78 is 34.7. The highest BCUT2D eigenvalue weighted by Gasteiger charge is 2.43. The Labute approximate surface area is 162 Å². The number of sulfonamides is 1. The van der Waals surface area contributed by atoms with Crippen molar-refractivity contribution in [3.8, 4) is 5.75 Å². The summed E-state index contributed by atoms with van der Waals surface area (Å²) in [7, 11) is -3.64. The zero-order valence-corrected chi connectivity index (χ0v) is 17.2. The number of likely N-dealkylation sites (tertiary alicyclic amines) is 1. The quantitative estimate of drug-likeness (QED) is 0.788. The van der Waals surface area contributed by atoms with E-state index in [1.54, 1.807) is 28.6 Å². The van der Waals surface area contributed by atoms with Crippen molar-refractivity contribution in [3.05, 3.63) is 24.3 Å². The topological polar surface area (TPSA) is 66.9 Å². The zero-order chi connectivity index (χ0) is 19.6. The minimum atomic E-state index is -3.64. The van der Waals surface area contributed by atoms with Crippen LogP contribution in [0.15, 0.2) is 29.2 Å². The SMILES string of the molecule is CCC(=O)N1CC[C@@H]2Oc3ccccc3S(=O)(=O)N(CCC(C)C)[C@H]2CC1. The number of para-hydroxylation sites is 1. The van der Waals surface area contributed by atoms with E-state index in [1.807, 2.05) is 11.8 Å². The Morgan fingerprint density at radius 3 is 2.63 bits per heavy atom. The van der Waals surface area contributed by atoms with Gasteiger partial charge in [-0.2, -0.15) is 4.31 Å². The Morgan fingerprint density at radius 2 is 1.93 bits per heavy atom. The second kappa shape index (κ2) is 8.19. The predicted octanol–water partition coefficient (Wildman–Crippen LogP) is 2.89. The highest BCUT2D eigenvalue weighted by atomic mass is 32.2. The van der Waals surface area contributed by atoms with Crippen LogP contribution in [0.4, 0.5) is 0 Å². The molecular formula is C20H30N2O4S. The third-order valence-electron chi connectivity index (χ3n) is 5.47. The molecule has 1 aromatic carbocycles. The number of carbonyl (C=O) groups excluding carboxylic acids is 1. The van der Waals surface area contributed by atoms with Gasteiger partial charge in [0.2, 0.25) is 15.9 Å². The molecular weight excluding hydrogens is 364 g/mol. The molecule has 1 amide bonds. The summed E-state index contributed by atoms with van der Waals surface area (Å²) in [6.07, 6.45) is 2.25. The summed E-state index contributed by atoms with van der Waals surface area (Å²) in [4.78, 5) is 14.3. The molecule has 1 fully saturated rings. The van der Waals surface area contributed by atoms with E-state index < -0.39 is 10.0 Å². The van der Waals surface area contributed by atoms with Gasteiger partial charge < -0.3 is 9.64 Å². The number of hydrogen-bond acceptors (Lipinski definition) is 4. The molecule has 27 heavy (non-hydrogen) atoms. The summed E-state index contributed by atoms with van der Waals surface area (Å²) in [6, 6.07) is 6.65. The minimum Gasteiger partial charge on any atom is -0.487 e. The maximum absolute atomic E-state index is 13.4. The number of fused-ring (bicyclic) bond motifs is 2. The number of ether oxygens (including phenoxy) is 1. The lowest BCUT2D eigenvalue weighted by molar-refractivity contribution is -0.130. The zero-order valence-electron chi connectivity index (χ0n) is 16.4. The highest BCUT2D eigenvalue weighted by molar-refractivity contribution is 7.89. The molecule has 0 N–H and O–H groups in total. The van der Waals surface area contributed by atoms with Gasteiger partial charge in [0.25, 0.3) is 0 Å². The number of hydrogen-bond donors (Lipinski definition) is 0. The number of nitrogens with zero attached hydrogens (tertiary/aromatic N) is 2. The van der Waals surface area contributed by atoms with Gasteiger partial charge in [0.1, 0.15) is 16.7 Å². The van der Waals surface area contributed by atoms with Crippen LogP contribution in [0.2, 0.25) is 0 Å². The van der Waals surface area contributed by atoms with Crippen molar-refractivity contribution >= 4 is 15.9 Å². The molecule has 0 bridgehead atoms. The Bertz CT molecular complexity index is 778. The summed E-state index contributed by atoms with van der Waals surface area (Å²) in [5, 5.41) is 0. The van der Waals surface area contributed by atoms with Crippen molar-refractivity contribution in [2.45, 2.75) is 63.5 Å². The van der Waals surface area contributed by atoms with Crippen molar-refractivity contribution in [2.24, 2.45) is 5.92 Å². The van der Waals surface area contributed by atoms with Crippen molar-refractivity contribution in [1.29, 1.82) is 0 Å². The fraction of sp³-hybridized carbons (Fsp3) is 0.650. The Balaban J connectivity index is 1.98. The third kappa shape index (κ3) is 4.14. The van der Waals surface area contributed by atoms with E-state index in [0.29, 0.717) is 50.6 Å². The summed E-state index contributed by atoms with van der Waals surface area (Å²) in [5.74, 6) is 0.945. The number of carbonyl (C=O) groups is 1. The summed E-state index contributed by atoms with van der Waals surface area (Å²) in [6.45, 7) is 7.70. The molecule has 0 spiro atoms. The molecule has 7 heteroatoms. The van der Waals surface area contributed by atoms with Crippen molar-refractivity contribution < 1.29 is 17.9 Å². The summed E-state index contributed by atoms with van der Waals surface area (Å²) >= 11 is 0. The molecule has 0 aromatic heterocycles. The van der Waals surface area contributed by atoms with Crippen LogP contribution >= 0.6 is 0 Å². The normalized spacial score (nSPS) is 25.1. The Morgan fingerprint density at radius 1 is 1.22 bits per heavy atom. The Hall–Kier alpha value is -1.60. The molecule has 0 unspecified atom stereocenters. The maximum Gasteiger partial charge on any atom is 0.247 e. The fourth-order valence-corrected chi connectivity index (χ4v) is 5.72. The van der Waals surface area contributed by atoms with E-state index in [4.69, 9.17) is 4.74 Å². The molecule has 2 aliphatic heterocycles. The van der Waals surface area contributed by atoms with Crippen LogP contribution < -0.4 is 4.74 Å². The second-order valence-corrected chi connectivity index (χ2v) is 9.64. The number of rotatable bonds is 4. The van der Waals surface area contributed by atoms with E-state index in [0.717, 1.165) is 6.42 Å². The molecule has 2 aliphatic rings. The summed E-state index contributed by atoms with van der Waals surface area (Å²) in [5.41, 5.74) is 0. The second-order valence-electron chi connectivity index (χ2n) is 7.78. The van der Waals surface area contributed by atoms with Crippen molar-refractivity contribution in [1.82, 2.24) is 9.21 Å². The number of benzene rings is 1. The van der Waals surface area contributed by atoms with Gasteiger partial charge in [-0.15, -0.1) is 0 Å². The molecule has 1 saturated heterocycles. The predicted molar refractivity (Wildman–Crippen MR) is 104 cm³/mol. The lowest BCUT2D eigenvalue weighted by atomic mass is 10.0. The fourth-order valence-electron chi connectivity index (χ4n) is 3.90. The van der Waals surface area contributed by atoms with Crippen molar-refractivity contribution in [3.63, 3.8) is 0 Å². The van der Waals surface area contributed by atoms with Crippen LogP contribution in [-0.2, 0) is 14.8 Å². The first-order chi connectivity index (χ1) is 12.8. The average molecular weight is 395 g/mol. The molecule has 0 saturated carbocycles. The first kappa shape index (κ1) is 20.1.